The van der Waals surface area contributed by atoms with E-state index < -0.39 is 0 Å². The molecule has 0 spiro atoms. The van der Waals surface area contributed by atoms with Crippen molar-refractivity contribution in [3.63, 3.8) is 0 Å². The molecular formula is C18H13NO. The van der Waals surface area contributed by atoms with Crippen molar-refractivity contribution in [2.75, 3.05) is 5.73 Å². The highest BCUT2D eigenvalue weighted by Crippen LogP contribution is 2.37. The molecule has 0 aliphatic rings. The second-order valence-corrected chi connectivity index (χ2v) is 4.91. The predicted octanol–water partition coefficient (Wildman–Crippen LogP) is 4.84. The maximum Gasteiger partial charge on any atom is 0.138 e. The smallest absolute Gasteiger partial charge is 0.138 e. The summed E-state index contributed by atoms with van der Waals surface area (Å²) in [7, 11) is 0. The van der Waals surface area contributed by atoms with Crippen molar-refractivity contribution in [1.29, 1.82) is 0 Å². The standard InChI is InChI=1S/C18H13NO/c19-13-10-15(12-6-2-1-3-7-12)18-14-8-4-5-9-16(14)20-17(18)11-13/h1-11H,19H2. The van der Waals surface area contributed by atoms with Gasteiger partial charge in [0, 0.05) is 22.5 Å². The normalized spacial score (nSPS) is 11.2. The highest BCUT2D eigenvalue weighted by Gasteiger charge is 2.12. The summed E-state index contributed by atoms with van der Waals surface area (Å²) in [5, 5.41) is 2.25. The van der Waals surface area contributed by atoms with Gasteiger partial charge in [-0.2, -0.15) is 0 Å². The third-order valence-electron chi connectivity index (χ3n) is 3.59. The Bertz CT molecular complexity index is 907. The van der Waals surface area contributed by atoms with Crippen LogP contribution in [0.1, 0.15) is 0 Å². The van der Waals surface area contributed by atoms with Crippen molar-refractivity contribution in [2.24, 2.45) is 0 Å². The highest BCUT2D eigenvalue weighted by atomic mass is 16.3. The van der Waals surface area contributed by atoms with Crippen LogP contribution in [0.3, 0.4) is 0 Å². The average molecular weight is 259 g/mol. The lowest BCUT2D eigenvalue weighted by Gasteiger charge is -2.05. The minimum Gasteiger partial charge on any atom is -0.456 e. The molecule has 0 saturated carbocycles. The van der Waals surface area contributed by atoms with Crippen molar-refractivity contribution in [3.8, 4) is 11.1 Å². The third kappa shape index (κ3) is 1.58. The van der Waals surface area contributed by atoms with Gasteiger partial charge >= 0.3 is 0 Å². The molecule has 4 rings (SSSR count). The fraction of sp³-hybridized carbons (Fsp3) is 0. The van der Waals surface area contributed by atoms with E-state index in [9.17, 15) is 0 Å². The molecule has 3 aromatic carbocycles. The van der Waals surface area contributed by atoms with Crippen LogP contribution in [0.2, 0.25) is 0 Å². The minimum absolute atomic E-state index is 0.718. The molecule has 20 heavy (non-hydrogen) atoms. The molecule has 2 N–H and O–H groups in total. The van der Waals surface area contributed by atoms with E-state index in [4.69, 9.17) is 10.2 Å². The third-order valence-corrected chi connectivity index (χ3v) is 3.59. The fourth-order valence-electron chi connectivity index (χ4n) is 2.72. The second kappa shape index (κ2) is 4.14. The van der Waals surface area contributed by atoms with Gasteiger partial charge in [0.1, 0.15) is 11.2 Å². The Morgan fingerprint density at radius 3 is 2.35 bits per heavy atom. The van der Waals surface area contributed by atoms with E-state index in [-0.39, 0.29) is 0 Å². The first kappa shape index (κ1) is 11.1. The van der Waals surface area contributed by atoms with Crippen LogP contribution in [0.4, 0.5) is 5.69 Å². The molecule has 2 heteroatoms. The molecule has 0 aliphatic heterocycles. The maximum absolute atomic E-state index is 6.02. The molecular weight excluding hydrogens is 246 g/mol. The van der Waals surface area contributed by atoms with E-state index in [1.165, 1.54) is 0 Å². The molecule has 0 aliphatic carbocycles. The second-order valence-electron chi connectivity index (χ2n) is 4.91. The van der Waals surface area contributed by atoms with E-state index in [2.05, 4.69) is 18.2 Å². The van der Waals surface area contributed by atoms with Gasteiger partial charge in [-0.1, -0.05) is 48.5 Å². The van der Waals surface area contributed by atoms with Crippen molar-refractivity contribution in [2.45, 2.75) is 0 Å². The van der Waals surface area contributed by atoms with Crippen molar-refractivity contribution < 1.29 is 4.42 Å². The number of rotatable bonds is 1. The zero-order chi connectivity index (χ0) is 13.5. The number of hydrogen-bond acceptors (Lipinski definition) is 2. The van der Waals surface area contributed by atoms with Gasteiger partial charge < -0.3 is 10.2 Å². The van der Waals surface area contributed by atoms with Crippen LogP contribution in [-0.2, 0) is 0 Å². The number of nitrogen functional groups attached to an aromatic ring is 1. The van der Waals surface area contributed by atoms with E-state index >= 15 is 0 Å². The molecule has 0 fully saturated rings. The summed E-state index contributed by atoms with van der Waals surface area (Å²) in [6.07, 6.45) is 0. The van der Waals surface area contributed by atoms with E-state index in [1.54, 1.807) is 0 Å². The fourth-order valence-corrected chi connectivity index (χ4v) is 2.72. The molecule has 0 bridgehead atoms. The summed E-state index contributed by atoms with van der Waals surface area (Å²) >= 11 is 0. The van der Waals surface area contributed by atoms with Gasteiger partial charge in [-0.05, 0) is 23.3 Å². The first-order chi connectivity index (χ1) is 9.83. The highest BCUT2D eigenvalue weighted by molar-refractivity contribution is 6.13. The maximum atomic E-state index is 6.02. The molecule has 1 aromatic heterocycles. The van der Waals surface area contributed by atoms with Crippen molar-refractivity contribution >= 4 is 27.6 Å². The zero-order valence-corrected chi connectivity index (χ0v) is 10.8. The Kier molecular flexibility index (Phi) is 2.30. The van der Waals surface area contributed by atoms with Crippen LogP contribution >= 0.6 is 0 Å². The van der Waals surface area contributed by atoms with Crippen LogP contribution in [0.5, 0.6) is 0 Å². The van der Waals surface area contributed by atoms with E-state index in [0.29, 0.717) is 0 Å². The van der Waals surface area contributed by atoms with Gasteiger partial charge in [0.05, 0.1) is 0 Å². The molecule has 0 saturated heterocycles. The summed E-state index contributed by atoms with van der Waals surface area (Å²) in [5.74, 6) is 0. The lowest BCUT2D eigenvalue weighted by Crippen LogP contribution is -1.86. The average Bonchev–Trinajstić information content (AvgIpc) is 2.85. The number of fused-ring (bicyclic) bond motifs is 3. The summed E-state index contributed by atoms with van der Waals surface area (Å²) in [6, 6.07) is 22.3. The first-order valence-corrected chi connectivity index (χ1v) is 6.59. The van der Waals surface area contributed by atoms with Crippen molar-refractivity contribution in [1.82, 2.24) is 0 Å². The molecule has 0 amide bonds. The molecule has 96 valence electrons. The van der Waals surface area contributed by atoms with Gasteiger partial charge in [-0.15, -0.1) is 0 Å². The molecule has 0 unspecified atom stereocenters. The van der Waals surface area contributed by atoms with Crippen molar-refractivity contribution in [3.05, 3.63) is 66.7 Å². The lowest BCUT2D eigenvalue weighted by molar-refractivity contribution is 0.669. The summed E-state index contributed by atoms with van der Waals surface area (Å²) in [6.45, 7) is 0. The topological polar surface area (TPSA) is 39.2 Å². The largest absolute Gasteiger partial charge is 0.456 e. The summed E-state index contributed by atoms with van der Waals surface area (Å²) < 4.78 is 5.92. The van der Waals surface area contributed by atoms with Gasteiger partial charge in [-0.25, -0.2) is 0 Å². The Morgan fingerprint density at radius 1 is 0.750 bits per heavy atom. The summed E-state index contributed by atoms with van der Waals surface area (Å²) in [4.78, 5) is 0. The Morgan fingerprint density at radius 2 is 1.50 bits per heavy atom. The van der Waals surface area contributed by atoms with E-state index in [0.717, 1.165) is 38.8 Å². The van der Waals surface area contributed by atoms with Gasteiger partial charge in [0.25, 0.3) is 0 Å². The molecule has 2 nitrogen and oxygen atoms in total. The lowest BCUT2D eigenvalue weighted by atomic mass is 9.99. The molecule has 1 heterocycles. The van der Waals surface area contributed by atoms with Crippen LogP contribution in [0, 0.1) is 0 Å². The Balaban J connectivity index is 2.19. The number of para-hydroxylation sites is 1. The first-order valence-electron chi connectivity index (χ1n) is 6.59. The van der Waals surface area contributed by atoms with Crippen LogP contribution in [-0.4, -0.2) is 0 Å². The Hall–Kier alpha value is -2.74. The summed E-state index contributed by atoms with van der Waals surface area (Å²) in [5.41, 5.74) is 10.7. The van der Waals surface area contributed by atoms with Gasteiger partial charge in [0.15, 0.2) is 0 Å². The van der Waals surface area contributed by atoms with Crippen LogP contribution in [0.15, 0.2) is 71.1 Å². The number of nitrogens with two attached hydrogens (primary N) is 1. The molecule has 0 radical (unpaired) electrons. The van der Waals surface area contributed by atoms with Crippen LogP contribution in [0.25, 0.3) is 33.1 Å². The molecule has 0 atom stereocenters. The minimum atomic E-state index is 0.718. The monoisotopic (exact) mass is 259 g/mol. The zero-order valence-electron chi connectivity index (χ0n) is 10.8. The SMILES string of the molecule is Nc1cc(-c2ccccc2)c2c(c1)oc1ccccc12. The molecule has 4 aromatic rings. The number of benzene rings is 3. The Labute approximate surface area is 116 Å². The van der Waals surface area contributed by atoms with Gasteiger partial charge in [0.2, 0.25) is 0 Å². The van der Waals surface area contributed by atoms with Gasteiger partial charge in [-0.3, -0.25) is 0 Å². The van der Waals surface area contributed by atoms with Crippen LogP contribution < -0.4 is 5.73 Å². The quantitative estimate of drug-likeness (QED) is 0.497. The number of furan rings is 1. The predicted molar refractivity (Wildman–Crippen MR) is 83.6 cm³/mol. The van der Waals surface area contributed by atoms with E-state index in [1.807, 2.05) is 48.5 Å². The number of anilines is 1. The number of hydrogen-bond donors (Lipinski definition) is 1.